The van der Waals surface area contributed by atoms with E-state index in [1.165, 1.54) is 91.9 Å². The Morgan fingerprint density at radius 2 is 0.548 bits per heavy atom. The zero-order valence-corrected chi connectivity index (χ0v) is 72.1. The number of alkyl halides is 8. The maximum absolute atomic E-state index is 14.6. The normalized spacial score (nSPS) is 9.75. The van der Waals surface area contributed by atoms with Crippen LogP contribution in [-0.4, -0.2) is 22.6 Å². The van der Waals surface area contributed by atoms with Crippen LogP contribution in [0.15, 0.2) is 231 Å². The van der Waals surface area contributed by atoms with E-state index in [1.54, 1.807) is 132 Å². The molecule has 0 bridgehead atoms. The van der Waals surface area contributed by atoms with E-state index in [9.17, 15) is 49.5 Å². The van der Waals surface area contributed by atoms with E-state index in [0.29, 0.717) is 55.2 Å². The Balaban J connectivity index is -0.000000669. The van der Waals surface area contributed by atoms with Crippen LogP contribution < -0.4 is 18.9 Å². The van der Waals surface area contributed by atoms with Crippen LogP contribution in [0.5, 0.6) is 23.0 Å². The monoisotopic (exact) mass is 1590 g/mol. The number of terminal acetylenes is 1. The van der Waals surface area contributed by atoms with Gasteiger partial charge in [-0.05, 0) is 249 Å². The molecule has 0 aliphatic heterocycles. The van der Waals surface area contributed by atoms with Crippen molar-refractivity contribution in [3.05, 3.63) is 297 Å². The van der Waals surface area contributed by atoms with Crippen LogP contribution in [0.4, 0.5) is 35.1 Å². The second kappa shape index (κ2) is 63.5. The van der Waals surface area contributed by atoms with Crippen molar-refractivity contribution in [1.29, 1.82) is 0 Å². The van der Waals surface area contributed by atoms with Gasteiger partial charge < -0.3 is 24.1 Å². The molecule has 8 aromatic rings. The van der Waals surface area contributed by atoms with E-state index in [1.807, 2.05) is 109 Å². The molecule has 0 heterocycles. The number of ketones is 2. The summed E-state index contributed by atoms with van der Waals surface area (Å²) in [7, 11) is 0. The second-order valence-corrected chi connectivity index (χ2v) is 23.7. The molecule has 0 radical (unpaired) electrons. The summed E-state index contributed by atoms with van der Waals surface area (Å²) in [5.74, 6) is 13.0. The summed E-state index contributed by atoms with van der Waals surface area (Å²) in [4.78, 5) is 32.8. The number of benzene rings is 8. The number of hydrogen-bond donors (Lipinski definition) is 1. The smallest absolute Gasteiger partial charge is 0.426 e. The first kappa shape index (κ1) is 110. The molecule has 0 atom stereocenters. The molecular formula is C99H126F8O8. The second-order valence-electron chi connectivity index (χ2n) is 23.7. The van der Waals surface area contributed by atoms with Gasteiger partial charge in [-0.15, -0.1) is 24.2 Å². The molecule has 16 heteroatoms. The molecule has 8 nitrogen and oxygen atoms in total. The SMILES string of the molecule is C#CC.C=C(C)C(=O)CCCc1ccc(OC(F)(F)c2ccc(CCCC(=O)C(=C)C)cc2)cc1.C=C(C)C(=O)O.CC.CC.CC.CC.CC.CC.CC#Cc1ccc(OC(F)(F)c2ccc(C#CC)cc2)cc1.CCCc1ccc(OC(F)(F)c2ccc(CCC)cc2)cc1.Cc1ccc(OC(F)(F)c2ccc(C)cc2)cc1. The van der Waals surface area contributed by atoms with Crippen LogP contribution >= 0.6 is 0 Å². The molecule has 0 saturated heterocycles. The number of halogens is 8. The Hall–Kier alpha value is -10.9. The number of ether oxygens (including phenoxy) is 4. The number of rotatable bonds is 27. The third-order valence-electron chi connectivity index (χ3n) is 14.6. The quantitative estimate of drug-likeness (QED) is 0.0308. The van der Waals surface area contributed by atoms with Gasteiger partial charge in [-0.1, -0.05) is 225 Å². The molecule has 1 N–H and O–H groups in total. The van der Waals surface area contributed by atoms with Crippen molar-refractivity contribution in [3.63, 3.8) is 0 Å². The van der Waals surface area contributed by atoms with Crippen molar-refractivity contribution < 1.29 is 73.6 Å². The van der Waals surface area contributed by atoms with Crippen LogP contribution in [0.1, 0.15) is 244 Å². The molecule has 0 saturated carbocycles. The summed E-state index contributed by atoms with van der Waals surface area (Å²) in [6.07, 6.45) is -1.61. The molecule has 0 spiro atoms. The van der Waals surface area contributed by atoms with Crippen LogP contribution in [0.25, 0.3) is 0 Å². The molecular weight excluding hydrogens is 1470 g/mol. The lowest BCUT2D eigenvalue weighted by Gasteiger charge is -2.19. The van der Waals surface area contributed by atoms with Crippen LogP contribution in [0.3, 0.4) is 0 Å². The number of allylic oxidation sites excluding steroid dienone is 2. The number of carboxylic acid groups (broad SMARTS) is 1. The summed E-state index contributed by atoms with van der Waals surface area (Å²) < 4.78 is 133. The van der Waals surface area contributed by atoms with Gasteiger partial charge in [-0.3, -0.25) is 9.59 Å². The highest BCUT2D eigenvalue weighted by molar-refractivity contribution is 5.94. The van der Waals surface area contributed by atoms with Crippen molar-refractivity contribution in [2.75, 3.05) is 0 Å². The average Bonchev–Trinajstić information content (AvgIpc) is 0.850. The first-order chi connectivity index (χ1) is 54.7. The minimum Gasteiger partial charge on any atom is -0.478 e. The highest BCUT2D eigenvalue weighted by Gasteiger charge is 2.37. The lowest BCUT2D eigenvalue weighted by Crippen LogP contribution is -2.21. The van der Waals surface area contributed by atoms with E-state index in [2.05, 4.69) is 69.6 Å². The molecule has 0 amide bonds. The molecule has 8 rings (SSSR count). The molecule has 0 aliphatic carbocycles. The Morgan fingerprint density at radius 1 is 0.357 bits per heavy atom. The largest absolute Gasteiger partial charge is 0.478 e. The van der Waals surface area contributed by atoms with E-state index in [4.69, 9.17) is 24.1 Å². The molecule has 0 aromatic heterocycles. The average molecular weight is 1600 g/mol. The molecule has 8 aromatic carbocycles. The first-order valence-corrected chi connectivity index (χ1v) is 39.2. The fraction of sp³-hybridized carbons (Fsp3) is 0.364. The Kier molecular flexibility index (Phi) is 61.0. The zero-order chi connectivity index (χ0) is 88.8. The number of hydrogen-bond acceptors (Lipinski definition) is 7. The highest BCUT2D eigenvalue weighted by atomic mass is 19.3. The fourth-order valence-corrected chi connectivity index (χ4v) is 8.91. The van der Waals surface area contributed by atoms with Gasteiger partial charge in [0.2, 0.25) is 0 Å². The number of carbonyl (C=O) groups is 3. The zero-order valence-electron chi connectivity index (χ0n) is 72.1. The van der Waals surface area contributed by atoms with Crippen molar-refractivity contribution in [2.24, 2.45) is 0 Å². The third-order valence-corrected chi connectivity index (χ3v) is 14.6. The summed E-state index contributed by atoms with van der Waals surface area (Å²) in [6.45, 7) is 52.2. The van der Waals surface area contributed by atoms with Gasteiger partial charge in [-0.25, -0.2) is 4.79 Å². The maximum atomic E-state index is 14.6. The number of carboxylic acids is 1. The number of aryl methyl sites for hydroxylation is 6. The van der Waals surface area contributed by atoms with Crippen molar-refractivity contribution >= 4 is 17.5 Å². The van der Waals surface area contributed by atoms with E-state index in [0.717, 1.165) is 64.6 Å². The van der Waals surface area contributed by atoms with Crippen LogP contribution in [-0.2, 0) is 64.5 Å². The van der Waals surface area contributed by atoms with E-state index in [-0.39, 0.29) is 62.4 Å². The van der Waals surface area contributed by atoms with Crippen molar-refractivity contribution in [3.8, 4) is 59.0 Å². The summed E-state index contributed by atoms with van der Waals surface area (Å²) in [6, 6.07) is 50.2. The lowest BCUT2D eigenvalue weighted by atomic mass is 10.0. The van der Waals surface area contributed by atoms with Gasteiger partial charge in [0.1, 0.15) is 23.0 Å². The van der Waals surface area contributed by atoms with Gasteiger partial charge in [0.25, 0.3) is 0 Å². The Bertz CT molecular complexity index is 4130. The lowest BCUT2D eigenvalue weighted by molar-refractivity contribution is -0.186. The van der Waals surface area contributed by atoms with E-state index < -0.39 is 30.4 Å². The standard InChI is InChI=1S/C27H30F2O3.C19H22F2O.C19H14F2O.C15H14F2O.C4H6O2.C3H4.6C2H6/c1-19(2)25(30)9-5-7-21-11-15-23(16-12-21)27(28,29)32-24-17-13-22(14-18-24)8-6-10-26(31)20(3)4;2*1-3-5-15-7-11-17(12-8-15)19(20,21)22-18-13-9-16(6-4-2)10-14-18;1-11-3-7-13(8-4-11)15(16,17)18-14-9-5-12(2)6-10-14;1-3(2)4(5)6;1-3-2;6*1-2/h11-18H,1,3,5-10H2,2,4H3;7-14H,3-6H2,1-2H3;7-14H,1-2H3;3-10H,1-2H3;1H2,2H3,(H,5,6);1H,2H3;6*1-2H3. The summed E-state index contributed by atoms with van der Waals surface area (Å²) >= 11 is 0. The van der Waals surface area contributed by atoms with Gasteiger partial charge in [0.05, 0.1) is 22.3 Å². The molecule has 626 valence electrons. The first-order valence-electron chi connectivity index (χ1n) is 39.2. The van der Waals surface area contributed by atoms with Gasteiger partial charge >= 0.3 is 30.4 Å². The molecule has 0 unspecified atom stereocenters. The predicted molar refractivity (Wildman–Crippen MR) is 463 cm³/mol. The predicted octanol–water partition coefficient (Wildman–Crippen LogP) is 28.9. The molecule has 0 fully saturated rings. The topological polar surface area (TPSA) is 108 Å². The summed E-state index contributed by atoms with van der Waals surface area (Å²) in [5, 5.41) is 7.89. The fourth-order valence-electron chi connectivity index (χ4n) is 8.91. The van der Waals surface area contributed by atoms with Gasteiger partial charge in [0, 0.05) is 29.5 Å². The minimum absolute atomic E-state index is 0.0212. The van der Waals surface area contributed by atoms with Gasteiger partial charge in [-0.2, -0.15) is 35.1 Å². The Labute approximate surface area is 684 Å². The number of aliphatic carboxylic acids is 1. The summed E-state index contributed by atoms with van der Waals surface area (Å²) in [5.41, 5.74) is 7.93. The molecule has 0 aliphatic rings. The van der Waals surface area contributed by atoms with Crippen LogP contribution in [0, 0.1) is 49.9 Å². The van der Waals surface area contributed by atoms with Gasteiger partial charge in [0.15, 0.2) is 11.6 Å². The Morgan fingerprint density at radius 3 is 0.774 bits per heavy atom. The van der Waals surface area contributed by atoms with E-state index >= 15 is 0 Å². The van der Waals surface area contributed by atoms with Crippen molar-refractivity contribution in [1.82, 2.24) is 0 Å². The minimum atomic E-state index is -3.47. The third kappa shape index (κ3) is 47.4. The highest BCUT2D eigenvalue weighted by Crippen LogP contribution is 2.36. The molecule has 115 heavy (non-hydrogen) atoms. The van der Waals surface area contributed by atoms with Crippen LogP contribution in [0.2, 0.25) is 0 Å². The van der Waals surface area contributed by atoms with Crippen molar-refractivity contribution in [2.45, 2.75) is 241 Å². The maximum Gasteiger partial charge on any atom is 0.426 e. The number of carbonyl (C=O) groups excluding carboxylic acids is 2. The number of Topliss-reactive ketones (excluding diaryl/α,β-unsaturated/α-hetero) is 2.